The number of carbonyl (C=O) groups is 3. The van der Waals surface area contributed by atoms with E-state index < -0.39 is 53.3 Å². The highest BCUT2D eigenvalue weighted by Gasteiger charge is 2.61. The lowest BCUT2D eigenvalue weighted by Gasteiger charge is -2.51. The van der Waals surface area contributed by atoms with E-state index in [4.69, 9.17) is 36.9 Å². The van der Waals surface area contributed by atoms with Crippen molar-refractivity contribution in [3.8, 4) is 11.5 Å². The fourth-order valence-electron chi connectivity index (χ4n) is 7.95. The Hall–Kier alpha value is -4.79. The molecule has 0 bridgehead atoms. The predicted molar refractivity (Wildman–Crippen MR) is 225 cm³/mol. The normalized spacial score (nSPS) is 20.8. The summed E-state index contributed by atoms with van der Waals surface area (Å²) in [7, 11) is -3.03. The average Bonchev–Trinajstić information content (AvgIpc) is 3.78. The van der Waals surface area contributed by atoms with Crippen LogP contribution in [0.2, 0.25) is 22.2 Å². The molecule has 316 valence electrons. The third-order valence-corrected chi connectivity index (χ3v) is 21.3. The molecule has 59 heavy (non-hydrogen) atoms. The molecule has 0 unspecified atom stereocenters. The Balaban J connectivity index is 1.50. The average molecular weight is 846 g/mol. The third-order valence-electron chi connectivity index (χ3n) is 11.0. The lowest BCUT2D eigenvalue weighted by atomic mass is 10.1. The van der Waals surface area contributed by atoms with Crippen LogP contribution in [0.3, 0.4) is 0 Å². The van der Waals surface area contributed by atoms with Crippen LogP contribution in [0, 0.1) is 0 Å². The smallest absolute Gasteiger partial charge is 0.335 e. The highest BCUT2D eigenvalue weighted by atomic mass is 28.5. The van der Waals surface area contributed by atoms with Crippen LogP contribution in [0.15, 0.2) is 72.8 Å². The van der Waals surface area contributed by atoms with Gasteiger partial charge in [0.1, 0.15) is 30.0 Å². The fourth-order valence-corrected chi connectivity index (χ4v) is 19.1. The second-order valence-corrected chi connectivity index (χ2v) is 24.7. The summed E-state index contributed by atoms with van der Waals surface area (Å²) in [6.45, 7) is 19.1. The van der Waals surface area contributed by atoms with Crippen LogP contribution in [0.4, 0.5) is 5.82 Å². The summed E-state index contributed by atoms with van der Waals surface area (Å²) in [6, 6.07) is 12.8. The Morgan fingerprint density at radius 1 is 0.814 bits per heavy atom. The van der Waals surface area contributed by atoms with E-state index in [1.165, 1.54) is 33.0 Å². The number of imide groups is 1. The Morgan fingerprint density at radius 3 is 1.85 bits per heavy atom. The molecular formula is C42H55N5O10Si2. The van der Waals surface area contributed by atoms with E-state index in [1.54, 1.807) is 60.0 Å². The molecule has 0 aliphatic carbocycles. The van der Waals surface area contributed by atoms with Crippen LogP contribution in [0.1, 0.15) is 89.3 Å². The van der Waals surface area contributed by atoms with Crippen molar-refractivity contribution in [2.45, 2.75) is 103 Å². The number of nitrogens with zero attached hydrogens (tertiary/aromatic N) is 5. The van der Waals surface area contributed by atoms with E-state index in [1.807, 2.05) is 0 Å². The zero-order chi connectivity index (χ0) is 42.8. The van der Waals surface area contributed by atoms with Crippen molar-refractivity contribution in [3.63, 3.8) is 0 Å². The molecule has 0 N–H and O–H groups in total. The molecule has 0 radical (unpaired) electrons. The van der Waals surface area contributed by atoms with Gasteiger partial charge in [-0.3, -0.25) is 14.2 Å². The first-order valence-corrected chi connectivity index (χ1v) is 24.0. The summed E-state index contributed by atoms with van der Waals surface area (Å²) in [5.74, 6) is -0.856. The number of esters is 1. The number of fused-ring (bicyclic) bond motifs is 2. The number of hydrogen-bond donors (Lipinski definition) is 0. The van der Waals surface area contributed by atoms with Gasteiger partial charge < -0.3 is 31.9 Å². The van der Waals surface area contributed by atoms with E-state index in [0.717, 1.165) is 4.90 Å². The van der Waals surface area contributed by atoms with Crippen molar-refractivity contribution in [2.75, 3.05) is 32.3 Å². The Kier molecular flexibility index (Phi) is 13.2. The lowest BCUT2D eigenvalue weighted by Crippen LogP contribution is -2.65. The molecule has 0 spiro atoms. The van der Waals surface area contributed by atoms with Crippen LogP contribution in [0.25, 0.3) is 11.2 Å². The second-order valence-electron chi connectivity index (χ2n) is 15.9. The van der Waals surface area contributed by atoms with Gasteiger partial charge in [0.2, 0.25) is 0 Å². The second kappa shape index (κ2) is 17.8. The first kappa shape index (κ1) is 43.8. The molecule has 2 saturated heterocycles. The summed E-state index contributed by atoms with van der Waals surface area (Å²) in [5, 5.41) is 0. The van der Waals surface area contributed by atoms with Gasteiger partial charge in [0, 0.05) is 22.8 Å². The molecule has 3 atom stereocenters. The molecule has 17 heteroatoms. The summed E-state index contributed by atoms with van der Waals surface area (Å²) in [5.41, 5.74) is 1.50. The van der Waals surface area contributed by atoms with Crippen molar-refractivity contribution in [3.05, 3.63) is 84.0 Å². The molecule has 0 saturated carbocycles. The zero-order valence-electron chi connectivity index (χ0n) is 35.6. The minimum Gasteiger partial charge on any atom is -0.497 e. The Bertz CT molecular complexity index is 2100. The topological polar surface area (TPSA) is 163 Å². The molecule has 2 fully saturated rings. The van der Waals surface area contributed by atoms with Gasteiger partial charge in [0.25, 0.3) is 11.8 Å². The van der Waals surface area contributed by atoms with E-state index in [2.05, 4.69) is 65.4 Å². The Labute approximate surface area is 347 Å². The van der Waals surface area contributed by atoms with Crippen molar-refractivity contribution < 1.29 is 46.3 Å². The highest BCUT2D eigenvalue weighted by molar-refractivity contribution is 6.84. The van der Waals surface area contributed by atoms with Gasteiger partial charge in [-0.05, 0) is 77.6 Å². The maximum Gasteiger partial charge on any atom is 0.335 e. The first-order chi connectivity index (χ1) is 28.1. The van der Waals surface area contributed by atoms with Gasteiger partial charge in [0.15, 0.2) is 23.2 Å². The van der Waals surface area contributed by atoms with Crippen LogP contribution in [-0.2, 0) is 27.2 Å². The minimum atomic E-state index is -3.16. The van der Waals surface area contributed by atoms with Gasteiger partial charge in [-0.2, -0.15) is 0 Å². The number of methoxy groups -OCH3 is 2. The van der Waals surface area contributed by atoms with Crippen molar-refractivity contribution in [1.82, 2.24) is 19.5 Å². The van der Waals surface area contributed by atoms with Crippen LogP contribution in [0.5, 0.6) is 11.5 Å². The quantitative estimate of drug-likeness (QED) is 0.0592. The van der Waals surface area contributed by atoms with Crippen molar-refractivity contribution in [2.24, 2.45) is 0 Å². The van der Waals surface area contributed by atoms with Crippen molar-refractivity contribution in [1.29, 1.82) is 0 Å². The maximum absolute atomic E-state index is 14.4. The molecule has 2 amide bonds. The van der Waals surface area contributed by atoms with Gasteiger partial charge in [0.05, 0.1) is 33.8 Å². The van der Waals surface area contributed by atoms with E-state index >= 15 is 0 Å². The van der Waals surface area contributed by atoms with Gasteiger partial charge >= 0.3 is 23.1 Å². The van der Waals surface area contributed by atoms with Gasteiger partial charge in [-0.25, -0.2) is 24.6 Å². The number of carbonyl (C=O) groups excluding carboxylic acids is 3. The molecule has 4 aromatic rings. The number of hydrogen-bond acceptors (Lipinski definition) is 13. The molecule has 2 aliphatic rings. The van der Waals surface area contributed by atoms with Crippen LogP contribution < -0.4 is 14.4 Å². The number of benzene rings is 2. The van der Waals surface area contributed by atoms with Crippen LogP contribution >= 0.6 is 0 Å². The largest absolute Gasteiger partial charge is 0.497 e. The fraction of sp³-hybridized carbons (Fsp3) is 0.476. The lowest BCUT2D eigenvalue weighted by molar-refractivity contribution is -0.137. The number of imidazole rings is 1. The predicted octanol–water partition coefficient (Wildman–Crippen LogP) is 7.67. The standard InChI is InChI=1S/C42H55N5O10Si2/c1-12-53-35(48)21-33-37-34(22-54-58(25(2)3,26(4)5)57-59(56-37,27(6)7)28(8)9)55-42(33)46-24-45-36-38(46)43-23-44-39(36)47(40(49)29-13-17-31(51-10)18-14-29)41(50)30-15-19-32(52-11)20-16-30/h13-21,23-28,34,37,42H,12,22H2,1-11H3/t34-,37+,42-/m1/s1. The summed E-state index contributed by atoms with van der Waals surface area (Å²) in [4.78, 5) is 56.9. The molecule has 2 aliphatic heterocycles. The first-order valence-electron chi connectivity index (χ1n) is 20.0. The molecule has 2 aromatic carbocycles. The molecular weight excluding hydrogens is 791 g/mol. The third kappa shape index (κ3) is 8.23. The summed E-state index contributed by atoms with van der Waals surface area (Å²) < 4.78 is 46.3. The maximum atomic E-state index is 14.4. The summed E-state index contributed by atoms with van der Waals surface area (Å²) in [6.07, 6.45) is 1.78. The molecule has 6 rings (SSSR count). The van der Waals surface area contributed by atoms with E-state index in [0.29, 0.717) is 17.1 Å². The number of ether oxygens (including phenoxy) is 4. The van der Waals surface area contributed by atoms with Crippen molar-refractivity contribution >= 4 is 51.9 Å². The highest BCUT2D eigenvalue weighted by Crippen LogP contribution is 2.50. The summed E-state index contributed by atoms with van der Waals surface area (Å²) >= 11 is 0. The SMILES string of the molecule is CCOC(=O)C=C1[C@H](n2cnc3c(N(C(=O)c4ccc(OC)cc4)C(=O)c4ccc(OC)cc4)ncnc32)O[C@@H]2CO[Si](C(C)C)(C(C)C)O[Si](C(C)C)(C(C)C)O[C@@H]12. The molecule has 4 heterocycles. The zero-order valence-corrected chi connectivity index (χ0v) is 37.6. The molecule has 15 nitrogen and oxygen atoms in total. The Morgan fingerprint density at radius 2 is 1.36 bits per heavy atom. The minimum absolute atomic E-state index is 0.0129. The monoisotopic (exact) mass is 845 g/mol. The molecule has 2 aromatic heterocycles. The van der Waals surface area contributed by atoms with Gasteiger partial charge in [-0.1, -0.05) is 55.4 Å². The number of rotatable bonds is 12. The number of aromatic nitrogens is 4. The van der Waals surface area contributed by atoms with Crippen LogP contribution in [-0.4, -0.2) is 94.1 Å². The van der Waals surface area contributed by atoms with Gasteiger partial charge in [-0.15, -0.1) is 0 Å². The number of amides is 2. The van der Waals surface area contributed by atoms with E-state index in [-0.39, 0.29) is 63.5 Å². The number of anilines is 1. The van der Waals surface area contributed by atoms with E-state index in [9.17, 15) is 14.4 Å².